The van der Waals surface area contributed by atoms with Crippen LogP contribution in [0.15, 0.2) is 0 Å². The second-order valence-corrected chi connectivity index (χ2v) is 15.5. The zero-order valence-electron chi connectivity index (χ0n) is 31.8. The SMILES string of the molecule is CC[C@H]1OC(=O)[C@H](C)[C@@H]2OCC(=O)CO[C@@](C)(C[C@@H](C)C(=O)[C@H](C)[C@@H]3N(C)C(=O)O[C@@]31C)[C@H](O[C@@H]1O[C@H](C)C[C@H](N(C)C)[C@H]1OC(C)=O)[C@@H]2C. The summed E-state index contributed by atoms with van der Waals surface area (Å²) >= 11 is 0. The van der Waals surface area contributed by atoms with E-state index in [2.05, 4.69) is 0 Å². The van der Waals surface area contributed by atoms with Crippen LogP contribution in [0.5, 0.6) is 0 Å². The van der Waals surface area contributed by atoms with E-state index in [1.54, 1.807) is 41.7 Å². The van der Waals surface area contributed by atoms with Gasteiger partial charge in [0.25, 0.3) is 0 Å². The van der Waals surface area contributed by atoms with Gasteiger partial charge >= 0.3 is 18.0 Å². The van der Waals surface area contributed by atoms with E-state index in [1.165, 1.54) is 11.8 Å². The summed E-state index contributed by atoms with van der Waals surface area (Å²) in [5.74, 6) is -4.58. The highest BCUT2D eigenvalue weighted by molar-refractivity contribution is 5.85. The molecule has 0 aromatic heterocycles. The predicted octanol–water partition coefficient (Wildman–Crippen LogP) is 3.16. The third kappa shape index (κ3) is 7.89. The van der Waals surface area contributed by atoms with Crippen molar-refractivity contribution in [3.63, 3.8) is 0 Å². The summed E-state index contributed by atoms with van der Waals surface area (Å²) in [4.78, 5) is 70.4. The van der Waals surface area contributed by atoms with Crippen LogP contribution in [-0.2, 0) is 52.3 Å². The third-order valence-electron chi connectivity index (χ3n) is 11.3. The summed E-state index contributed by atoms with van der Waals surface area (Å²) in [6, 6.07) is -0.991. The van der Waals surface area contributed by atoms with Crippen LogP contribution in [-0.4, -0.2) is 134 Å². The van der Waals surface area contributed by atoms with Crippen LogP contribution >= 0.6 is 0 Å². The molecule has 0 aromatic carbocycles. The fraction of sp³-hybridized carbons (Fsp3) is 0.861. The van der Waals surface area contributed by atoms with Gasteiger partial charge in [0.1, 0.15) is 25.1 Å². The third-order valence-corrected chi connectivity index (χ3v) is 11.3. The van der Waals surface area contributed by atoms with Crippen molar-refractivity contribution in [1.82, 2.24) is 9.80 Å². The fourth-order valence-corrected chi connectivity index (χ4v) is 8.79. The molecule has 0 aromatic rings. The fourth-order valence-electron chi connectivity index (χ4n) is 8.79. The van der Waals surface area contributed by atoms with Gasteiger partial charge in [0.05, 0.1) is 41.9 Å². The molecule has 2 bridgehead atoms. The number of nitrogens with zero attached hydrogens (tertiary/aromatic N) is 2. The maximum absolute atomic E-state index is 14.4. The number of hydrogen-bond donors (Lipinski definition) is 0. The van der Waals surface area contributed by atoms with E-state index in [0.29, 0.717) is 12.8 Å². The maximum Gasteiger partial charge on any atom is 0.410 e. The number of fused-ring (bicyclic) bond motifs is 4. The zero-order valence-corrected chi connectivity index (χ0v) is 31.8. The number of carbonyl (C=O) groups excluding carboxylic acids is 5. The van der Waals surface area contributed by atoms with Gasteiger partial charge in [0.15, 0.2) is 23.8 Å². The molecule has 0 spiro atoms. The Morgan fingerprint density at radius 1 is 1.02 bits per heavy atom. The molecule has 0 aliphatic carbocycles. The monoisotopic (exact) mass is 710 g/mol. The standard InChI is InChI=1S/C36H58N2O12/c1-13-26-36(9)30(38(12)34(43)50-36)20(4)27(41)18(2)15-35(8)31(21(5)28(22(6)32(42)48-26)44-16-24(40)17-45-35)49-33-29(47-23(7)39)25(37(10)11)14-19(3)46-33/h18-22,25-26,28-31,33H,13-17H2,1-12H3/t18-,19-,20+,21-,22-,25+,26-,28-,29-,30+,31-,33+,35+,36-/m1/s1. The topological polar surface area (TPSA) is 156 Å². The Hall–Kier alpha value is -2.65. The van der Waals surface area contributed by atoms with E-state index >= 15 is 0 Å². The van der Waals surface area contributed by atoms with Gasteiger partial charge in [0.2, 0.25) is 0 Å². The lowest BCUT2D eigenvalue weighted by molar-refractivity contribution is -0.304. The molecule has 284 valence electrons. The molecule has 14 nitrogen and oxygen atoms in total. The Labute approximate surface area is 296 Å². The van der Waals surface area contributed by atoms with Crippen LogP contribution in [0, 0.1) is 23.7 Å². The van der Waals surface area contributed by atoms with Crippen molar-refractivity contribution in [2.75, 3.05) is 34.4 Å². The summed E-state index contributed by atoms with van der Waals surface area (Å²) < 4.78 is 43.8. The van der Waals surface area contributed by atoms with Gasteiger partial charge in [-0.1, -0.05) is 27.7 Å². The first-order valence-electron chi connectivity index (χ1n) is 17.9. The molecule has 4 saturated heterocycles. The van der Waals surface area contributed by atoms with Crippen molar-refractivity contribution in [2.45, 2.75) is 142 Å². The normalized spacial score (nSPS) is 43.7. The molecule has 0 saturated carbocycles. The summed E-state index contributed by atoms with van der Waals surface area (Å²) in [7, 11) is 5.36. The second-order valence-electron chi connectivity index (χ2n) is 15.5. The van der Waals surface area contributed by atoms with Crippen molar-refractivity contribution in [3.8, 4) is 0 Å². The highest BCUT2D eigenvalue weighted by Crippen LogP contribution is 2.43. The number of carbonyl (C=O) groups is 5. The first-order valence-corrected chi connectivity index (χ1v) is 17.9. The molecule has 1 amide bonds. The van der Waals surface area contributed by atoms with Crippen LogP contribution in [0.25, 0.3) is 0 Å². The Kier molecular flexibility index (Phi) is 12.5. The van der Waals surface area contributed by atoms with Gasteiger partial charge in [-0.05, 0) is 61.1 Å². The van der Waals surface area contributed by atoms with Gasteiger partial charge in [-0.2, -0.15) is 0 Å². The minimum absolute atomic E-state index is 0.112. The van der Waals surface area contributed by atoms with Crippen molar-refractivity contribution in [1.29, 1.82) is 0 Å². The molecule has 0 N–H and O–H groups in total. The number of ketones is 2. The number of cyclic esters (lactones) is 1. The van der Waals surface area contributed by atoms with Gasteiger partial charge in [0, 0.05) is 31.7 Å². The molecule has 14 heteroatoms. The molecule has 14 atom stereocenters. The van der Waals surface area contributed by atoms with Crippen molar-refractivity contribution < 1.29 is 57.1 Å². The number of rotatable bonds is 5. The smallest absolute Gasteiger partial charge is 0.410 e. The van der Waals surface area contributed by atoms with E-state index in [9.17, 15) is 24.0 Å². The van der Waals surface area contributed by atoms with Crippen LogP contribution in [0.4, 0.5) is 4.79 Å². The summed E-state index contributed by atoms with van der Waals surface area (Å²) in [6.07, 6.45) is -4.52. The first-order chi connectivity index (χ1) is 23.2. The Balaban J connectivity index is 1.88. The van der Waals surface area contributed by atoms with E-state index in [0.717, 1.165) is 0 Å². The lowest BCUT2D eigenvalue weighted by Gasteiger charge is -2.49. The molecule has 0 unspecified atom stereocenters. The molecule has 4 aliphatic heterocycles. The largest absolute Gasteiger partial charge is 0.458 e. The van der Waals surface area contributed by atoms with Gasteiger partial charge in [-0.3, -0.25) is 19.2 Å². The molecule has 4 aliphatic rings. The Morgan fingerprint density at radius 2 is 1.68 bits per heavy atom. The number of esters is 2. The first kappa shape index (κ1) is 40.1. The Morgan fingerprint density at radius 3 is 2.28 bits per heavy atom. The summed E-state index contributed by atoms with van der Waals surface area (Å²) in [5.41, 5.74) is -2.64. The Bertz CT molecular complexity index is 1290. The van der Waals surface area contributed by atoms with Crippen LogP contribution in [0.3, 0.4) is 0 Å². The number of likely N-dealkylation sites (N-methyl/N-ethyl adjacent to an activating group) is 2. The van der Waals surface area contributed by atoms with E-state index < -0.39 is 89.7 Å². The van der Waals surface area contributed by atoms with Gasteiger partial charge in [-0.25, -0.2) is 4.79 Å². The highest BCUT2D eigenvalue weighted by Gasteiger charge is 2.60. The van der Waals surface area contributed by atoms with Crippen LogP contribution in [0.1, 0.15) is 81.6 Å². The quantitative estimate of drug-likeness (QED) is 0.303. The summed E-state index contributed by atoms with van der Waals surface area (Å²) in [6.45, 7) is 15.0. The van der Waals surface area contributed by atoms with Crippen molar-refractivity contribution in [2.24, 2.45) is 23.7 Å². The van der Waals surface area contributed by atoms with Crippen LogP contribution < -0.4 is 0 Å². The van der Waals surface area contributed by atoms with Gasteiger partial charge in [-0.15, -0.1) is 0 Å². The molecule has 4 fully saturated rings. The average molecular weight is 711 g/mol. The molecule has 4 heterocycles. The second kappa shape index (κ2) is 15.5. The molecule has 4 rings (SSSR count). The molecule has 50 heavy (non-hydrogen) atoms. The maximum atomic E-state index is 14.4. The van der Waals surface area contributed by atoms with Crippen molar-refractivity contribution in [3.05, 3.63) is 0 Å². The zero-order chi connectivity index (χ0) is 37.5. The highest BCUT2D eigenvalue weighted by atomic mass is 16.7. The number of hydrogen-bond acceptors (Lipinski definition) is 13. The number of ether oxygens (including phenoxy) is 7. The minimum atomic E-state index is -1.32. The lowest BCUT2D eigenvalue weighted by Crippen LogP contribution is -2.61. The molecular weight excluding hydrogens is 652 g/mol. The predicted molar refractivity (Wildman–Crippen MR) is 179 cm³/mol. The minimum Gasteiger partial charge on any atom is -0.458 e. The average Bonchev–Trinajstić information content (AvgIpc) is 3.29. The van der Waals surface area contributed by atoms with E-state index in [1.807, 2.05) is 39.8 Å². The van der Waals surface area contributed by atoms with Crippen molar-refractivity contribution >= 4 is 29.6 Å². The van der Waals surface area contributed by atoms with E-state index in [4.69, 9.17) is 33.2 Å². The van der Waals surface area contributed by atoms with Gasteiger partial charge < -0.3 is 43.0 Å². The molecule has 0 radical (unpaired) electrons. The lowest BCUT2D eigenvalue weighted by atomic mass is 9.73. The number of Topliss-reactive ketones (excluding diaryl/α,β-unsaturated/α-hetero) is 2. The number of amides is 1. The van der Waals surface area contributed by atoms with E-state index in [-0.39, 0.29) is 43.3 Å². The molecular formula is C36H58N2O12. The summed E-state index contributed by atoms with van der Waals surface area (Å²) in [5, 5.41) is 0. The van der Waals surface area contributed by atoms with Crippen LogP contribution in [0.2, 0.25) is 0 Å².